The second-order valence-corrected chi connectivity index (χ2v) is 6.73. The Balaban J connectivity index is 1.79. The van der Waals surface area contributed by atoms with Crippen LogP contribution in [0, 0.1) is 6.92 Å². The number of nitrogens with two attached hydrogens (primary N) is 1. The van der Waals surface area contributed by atoms with Gasteiger partial charge in [-0.1, -0.05) is 36.4 Å². The number of rotatable bonds is 2. The van der Waals surface area contributed by atoms with Crippen LogP contribution in [0.25, 0.3) is 21.7 Å². The molecule has 26 heavy (non-hydrogen) atoms. The van der Waals surface area contributed by atoms with Crippen molar-refractivity contribution in [3.05, 3.63) is 71.4 Å². The summed E-state index contributed by atoms with van der Waals surface area (Å²) < 4.78 is 7.99. The molecule has 0 fully saturated rings. The highest BCUT2D eigenvalue weighted by Gasteiger charge is 2.25. The highest BCUT2D eigenvalue weighted by atomic mass is 16.5. The second-order valence-electron chi connectivity index (χ2n) is 6.73. The van der Waals surface area contributed by atoms with E-state index in [1.54, 1.807) is 0 Å². The number of nitrogen functional groups attached to an aromatic ring is 1. The van der Waals surface area contributed by atoms with Crippen LogP contribution in [0.1, 0.15) is 21.6 Å². The number of ether oxygens (including phenoxy) is 1. The number of hydrogen-bond acceptors (Lipinski definition) is 3. The molecule has 0 radical (unpaired) electrons. The average Bonchev–Trinajstić information content (AvgIpc) is 2.95. The van der Waals surface area contributed by atoms with Crippen LogP contribution in [-0.2, 0) is 6.54 Å². The smallest absolute Gasteiger partial charge is 0.196 e. The van der Waals surface area contributed by atoms with E-state index < -0.39 is 0 Å². The van der Waals surface area contributed by atoms with Gasteiger partial charge in [0.1, 0.15) is 12.4 Å². The number of para-hydroxylation sites is 1. The minimum absolute atomic E-state index is 0.0423. The molecule has 1 aromatic heterocycles. The van der Waals surface area contributed by atoms with E-state index >= 15 is 0 Å². The van der Waals surface area contributed by atoms with Gasteiger partial charge in [0.25, 0.3) is 0 Å². The van der Waals surface area contributed by atoms with Crippen LogP contribution in [0.2, 0.25) is 0 Å². The van der Waals surface area contributed by atoms with Gasteiger partial charge in [0, 0.05) is 22.3 Å². The first kappa shape index (κ1) is 15.0. The van der Waals surface area contributed by atoms with Crippen LogP contribution in [-0.4, -0.2) is 17.0 Å². The summed E-state index contributed by atoms with van der Waals surface area (Å²) in [4.78, 5) is 13.6. The maximum atomic E-state index is 13.6. The van der Waals surface area contributed by atoms with Crippen LogP contribution < -0.4 is 10.5 Å². The van der Waals surface area contributed by atoms with Crippen LogP contribution in [0.4, 0.5) is 5.69 Å². The number of fused-ring (bicyclic) bond motifs is 1. The molecule has 3 aromatic carbocycles. The number of hydrogen-bond donors (Lipinski definition) is 1. The lowest BCUT2D eigenvalue weighted by atomic mass is 9.95. The molecule has 128 valence electrons. The lowest BCUT2D eigenvalue weighted by molar-refractivity contribution is 0.104. The summed E-state index contributed by atoms with van der Waals surface area (Å²) in [5, 5.41) is 2.86. The highest BCUT2D eigenvalue weighted by Crippen LogP contribution is 2.37. The van der Waals surface area contributed by atoms with E-state index in [2.05, 4.69) is 4.57 Å². The van der Waals surface area contributed by atoms with Crippen molar-refractivity contribution in [2.45, 2.75) is 13.5 Å². The van der Waals surface area contributed by atoms with Crippen molar-refractivity contribution in [2.75, 3.05) is 12.3 Å². The van der Waals surface area contributed by atoms with E-state index in [0.29, 0.717) is 17.9 Å². The molecular weight excluding hydrogens is 324 g/mol. The van der Waals surface area contributed by atoms with Crippen LogP contribution in [0.5, 0.6) is 5.75 Å². The molecule has 0 unspecified atom stereocenters. The largest absolute Gasteiger partial charge is 0.490 e. The molecule has 1 aliphatic rings. The first-order valence-corrected chi connectivity index (χ1v) is 8.73. The molecule has 0 amide bonds. The molecule has 4 nitrogen and oxygen atoms in total. The predicted octanol–water partition coefficient (Wildman–Crippen LogP) is 4.31. The van der Waals surface area contributed by atoms with Crippen molar-refractivity contribution in [3.8, 4) is 5.75 Å². The zero-order valence-electron chi connectivity index (χ0n) is 14.5. The summed E-state index contributed by atoms with van der Waals surface area (Å²) in [5.74, 6) is 0.891. The summed E-state index contributed by atoms with van der Waals surface area (Å²) in [6, 6.07) is 17.4. The number of ketones is 1. The van der Waals surface area contributed by atoms with E-state index in [0.717, 1.165) is 45.2 Å². The fourth-order valence-electron chi connectivity index (χ4n) is 4.06. The number of carbonyl (C=O) groups excluding carboxylic acids is 1. The Morgan fingerprint density at radius 3 is 2.81 bits per heavy atom. The Kier molecular flexibility index (Phi) is 3.10. The van der Waals surface area contributed by atoms with Crippen LogP contribution in [0.15, 0.2) is 54.6 Å². The van der Waals surface area contributed by atoms with Crippen molar-refractivity contribution in [3.63, 3.8) is 0 Å². The minimum Gasteiger partial charge on any atom is -0.490 e. The third kappa shape index (κ3) is 1.99. The normalized spacial score (nSPS) is 13.1. The summed E-state index contributed by atoms with van der Waals surface area (Å²) in [6.07, 6.45) is 0. The van der Waals surface area contributed by atoms with E-state index in [4.69, 9.17) is 10.5 Å². The van der Waals surface area contributed by atoms with Gasteiger partial charge in [0.05, 0.1) is 17.6 Å². The van der Waals surface area contributed by atoms with Gasteiger partial charge in [-0.15, -0.1) is 0 Å². The molecule has 0 saturated heterocycles. The first-order chi connectivity index (χ1) is 12.6. The van der Waals surface area contributed by atoms with Crippen LogP contribution >= 0.6 is 0 Å². The summed E-state index contributed by atoms with van der Waals surface area (Å²) in [7, 11) is 0. The predicted molar refractivity (Wildman–Crippen MR) is 104 cm³/mol. The van der Waals surface area contributed by atoms with Gasteiger partial charge >= 0.3 is 0 Å². The summed E-state index contributed by atoms with van der Waals surface area (Å²) >= 11 is 0. The van der Waals surface area contributed by atoms with Crippen molar-refractivity contribution < 1.29 is 9.53 Å². The van der Waals surface area contributed by atoms with Gasteiger partial charge in [0.15, 0.2) is 5.78 Å². The first-order valence-electron chi connectivity index (χ1n) is 8.73. The molecule has 0 saturated carbocycles. The number of nitrogens with zero attached hydrogens (tertiary/aromatic N) is 1. The van der Waals surface area contributed by atoms with Crippen molar-refractivity contribution in [1.82, 2.24) is 4.57 Å². The zero-order valence-corrected chi connectivity index (χ0v) is 14.5. The van der Waals surface area contributed by atoms with Gasteiger partial charge < -0.3 is 15.0 Å². The topological polar surface area (TPSA) is 57.2 Å². The van der Waals surface area contributed by atoms with Gasteiger partial charge in [0.2, 0.25) is 0 Å². The third-order valence-corrected chi connectivity index (χ3v) is 5.25. The fraction of sp³-hybridized carbons (Fsp3) is 0.136. The maximum absolute atomic E-state index is 13.6. The Morgan fingerprint density at radius 2 is 1.92 bits per heavy atom. The van der Waals surface area contributed by atoms with E-state index in [9.17, 15) is 4.79 Å². The SMILES string of the molecule is Cc1c(C(=O)c2cccc3cc(N)ccc23)c2cccc3c2n1CCO3. The van der Waals surface area contributed by atoms with Gasteiger partial charge in [-0.3, -0.25) is 4.79 Å². The second kappa shape index (κ2) is 5.36. The molecular formula is C22H18N2O2. The number of benzene rings is 3. The third-order valence-electron chi connectivity index (χ3n) is 5.25. The monoisotopic (exact) mass is 342 g/mol. The molecule has 0 bridgehead atoms. The molecule has 4 heteroatoms. The molecule has 2 N–H and O–H groups in total. The molecule has 5 rings (SSSR count). The molecule has 4 aromatic rings. The van der Waals surface area contributed by atoms with Crippen molar-refractivity contribution >= 4 is 33.1 Å². The lowest BCUT2D eigenvalue weighted by Gasteiger charge is -2.17. The van der Waals surface area contributed by atoms with E-state index in [1.165, 1.54) is 0 Å². The molecule has 0 atom stereocenters. The van der Waals surface area contributed by atoms with Crippen molar-refractivity contribution in [1.29, 1.82) is 0 Å². The molecule has 2 heterocycles. The number of aromatic nitrogens is 1. The van der Waals surface area contributed by atoms with Crippen molar-refractivity contribution in [2.24, 2.45) is 0 Å². The molecule has 0 spiro atoms. The van der Waals surface area contributed by atoms with Gasteiger partial charge in [-0.2, -0.15) is 0 Å². The number of anilines is 1. The Morgan fingerprint density at radius 1 is 1.08 bits per heavy atom. The Labute approximate surface area is 150 Å². The minimum atomic E-state index is 0.0423. The van der Waals surface area contributed by atoms with Crippen LogP contribution in [0.3, 0.4) is 0 Å². The molecule has 0 aliphatic carbocycles. The lowest BCUT2D eigenvalue weighted by Crippen LogP contribution is -2.15. The summed E-state index contributed by atoms with van der Waals surface area (Å²) in [5.41, 5.74) is 10.1. The fourth-order valence-corrected chi connectivity index (χ4v) is 4.06. The van der Waals surface area contributed by atoms with Gasteiger partial charge in [-0.05, 0) is 35.9 Å². The zero-order chi connectivity index (χ0) is 17.8. The number of carbonyl (C=O) groups is 1. The molecule has 1 aliphatic heterocycles. The standard InChI is InChI=1S/C22H18N2O2/c1-13-20(18-6-3-7-19-21(18)24(13)10-11-26-19)22(25)17-5-2-4-14-12-15(23)8-9-16(14)17/h2-9,12H,10-11,23H2,1H3. The Bertz CT molecular complexity index is 1200. The maximum Gasteiger partial charge on any atom is 0.196 e. The van der Waals surface area contributed by atoms with E-state index in [-0.39, 0.29) is 5.78 Å². The van der Waals surface area contributed by atoms with Gasteiger partial charge in [-0.25, -0.2) is 0 Å². The summed E-state index contributed by atoms with van der Waals surface area (Å²) in [6.45, 7) is 3.41. The van der Waals surface area contributed by atoms with E-state index in [1.807, 2.05) is 61.5 Å². The Hall–Kier alpha value is -3.27. The quantitative estimate of drug-likeness (QED) is 0.436. The average molecular weight is 342 g/mol. The highest BCUT2D eigenvalue weighted by molar-refractivity contribution is 6.22.